The van der Waals surface area contributed by atoms with Gasteiger partial charge in [-0.2, -0.15) is 0 Å². The second-order valence-corrected chi connectivity index (χ2v) is 3.73. The lowest BCUT2D eigenvalue weighted by Gasteiger charge is -2.26. The van der Waals surface area contributed by atoms with Crippen LogP contribution in [0.2, 0.25) is 0 Å². The number of rotatable bonds is 2. The summed E-state index contributed by atoms with van der Waals surface area (Å²) in [5, 5.41) is 0. The fourth-order valence-electron chi connectivity index (χ4n) is 1.71. The minimum atomic E-state index is -0.279. The van der Waals surface area contributed by atoms with Crippen molar-refractivity contribution in [3.05, 3.63) is 29.6 Å². The van der Waals surface area contributed by atoms with Crippen LogP contribution in [0.5, 0.6) is 0 Å². The van der Waals surface area contributed by atoms with Crippen molar-refractivity contribution in [2.75, 3.05) is 32.0 Å². The quantitative estimate of drug-likeness (QED) is 0.746. The van der Waals surface area contributed by atoms with Gasteiger partial charge >= 0.3 is 0 Å². The number of morpholine rings is 1. The number of nitrogens with zero attached hydrogens (tertiary/aromatic N) is 1. The molecular weight excluding hydrogens is 195 g/mol. The SMILES string of the molecule is Nc1cc(F)ccc1CN1CCOCC1. The number of halogens is 1. The van der Waals surface area contributed by atoms with Crippen molar-refractivity contribution in [3.63, 3.8) is 0 Å². The van der Waals surface area contributed by atoms with Gasteiger partial charge in [-0.3, -0.25) is 4.90 Å². The zero-order chi connectivity index (χ0) is 10.7. The van der Waals surface area contributed by atoms with E-state index < -0.39 is 0 Å². The number of benzene rings is 1. The third-order valence-electron chi connectivity index (χ3n) is 2.61. The lowest BCUT2D eigenvalue weighted by molar-refractivity contribution is 0.0342. The van der Waals surface area contributed by atoms with Crippen LogP contribution < -0.4 is 5.73 Å². The van der Waals surface area contributed by atoms with Gasteiger partial charge in [-0.15, -0.1) is 0 Å². The van der Waals surface area contributed by atoms with E-state index >= 15 is 0 Å². The average molecular weight is 210 g/mol. The predicted octanol–water partition coefficient (Wildman–Crippen LogP) is 1.24. The van der Waals surface area contributed by atoms with Crippen molar-refractivity contribution in [1.29, 1.82) is 0 Å². The number of hydrogen-bond donors (Lipinski definition) is 1. The molecule has 0 radical (unpaired) electrons. The smallest absolute Gasteiger partial charge is 0.125 e. The van der Waals surface area contributed by atoms with Crippen molar-refractivity contribution in [2.45, 2.75) is 6.54 Å². The average Bonchev–Trinajstić information content (AvgIpc) is 2.24. The lowest BCUT2D eigenvalue weighted by Crippen LogP contribution is -2.35. The molecule has 1 aliphatic heterocycles. The molecule has 1 fully saturated rings. The second kappa shape index (κ2) is 4.59. The van der Waals surface area contributed by atoms with Crippen LogP contribution in [-0.2, 0) is 11.3 Å². The van der Waals surface area contributed by atoms with Gasteiger partial charge in [-0.05, 0) is 17.7 Å². The van der Waals surface area contributed by atoms with Gasteiger partial charge in [0.05, 0.1) is 13.2 Å². The number of hydrogen-bond acceptors (Lipinski definition) is 3. The van der Waals surface area contributed by atoms with Gasteiger partial charge in [0.15, 0.2) is 0 Å². The third kappa shape index (κ3) is 2.67. The third-order valence-corrected chi connectivity index (χ3v) is 2.61. The van der Waals surface area contributed by atoms with Crippen LogP contribution in [0.1, 0.15) is 5.56 Å². The highest BCUT2D eigenvalue weighted by atomic mass is 19.1. The van der Waals surface area contributed by atoms with Crippen LogP contribution in [0.3, 0.4) is 0 Å². The summed E-state index contributed by atoms with van der Waals surface area (Å²) in [6.45, 7) is 4.13. The minimum absolute atomic E-state index is 0.279. The van der Waals surface area contributed by atoms with Gasteiger partial charge in [0.25, 0.3) is 0 Å². The summed E-state index contributed by atoms with van der Waals surface area (Å²) < 4.78 is 18.1. The Morgan fingerprint density at radius 1 is 1.33 bits per heavy atom. The van der Waals surface area contributed by atoms with Crippen LogP contribution in [0.25, 0.3) is 0 Å². The summed E-state index contributed by atoms with van der Waals surface area (Å²) in [6.07, 6.45) is 0. The second-order valence-electron chi connectivity index (χ2n) is 3.73. The Labute approximate surface area is 88.6 Å². The zero-order valence-electron chi connectivity index (χ0n) is 8.58. The van der Waals surface area contributed by atoms with E-state index in [2.05, 4.69) is 4.90 Å². The van der Waals surface area contributed by atoms with Gasteiger partial charge in [0, 0.05) is 25.3 Å². The van der Waals surface area contributed by atoms with E-state index in [1.807, 2.05) is 0 Å². The van der Waals surface area contributed by atoms with E-state index in [1.165, 1.54) is 12.1 Å². The van der Waals surface area contributed by atoms with E-state index in [4.69, 9.17) is 10.5 Å². The normalized spacial score (nSPS) is 17.9. The molecule has 0 unspecified atom stereocenters. The molecule has 4 heteroatoms. The first-order chi connectivity index (χ1) is 7.25. The Bertz CT molecular complexity index is 337. The van der Waals surface area contributed by atoms with E-state index in [1.54, 1.807) is 6.07 Å². The predicted molar refractivity (Wildman–Crippen MR) is 56.9 cm³/mol. The molecule has 0 saturated carbocycles. The first-order valence-corrected chi connectivity index (χ1v) is 5.10. The molecule has 1 aliphatic rings. The molecule has 1 saturated heterocycles. The topological polar surface area (TPSA) is 38.5 Å². The molecule has 3 nitrogen and oxygen atoms in total. The molecule has 82 valence electrons. The summed E-state index contributed by atoms with van der Waals surface area (Å²) >= 11 is 0. The van der Waals surface area contributed by atoms with Gasteiger partial charge in [0.1, 0.15) is 5.82 Å². The van der Waals surface area contributed by atoms with Crippen LogP contribution >= 0.6 is 0 Å². The molecule has 15 heavy (non-hydrogen) atoms. The van der Waals surface area contributed by atoms with E-state index in [-0.39, 0.29) is 5.82 Å². The van der Waals surface area contributed by atoms with E-state index in [0.717, 1.165) is 38.4 Å². The Hall–Kier alpha value is -1.13. The van der Waals surface area contributed by atoms with Crippen molar-refractivity contribution < 1.29 is 9.13 Å². The highest BCUT2D eigenvalue weighted by molar-refractivity contribution is 5.46. The number of nitrogen functional groups attached to an aromatic ring is 1. The Balaban J connectivity index is 2.03. The summed E-state index contributed by atoms with van der Waals surface area (Å²) in [5.41, 5.74) is 7.25. The Morgan fingerprint density at radius 3 is 2.73 bits per heavy atom. The maximum Gasteiger partial charge on any atom is 0.125 e. The Kier molecular flexibility index (Phi) is 3.18. The molecule has 1 aromatic carbocycles. The standard InChI is InChI=1S/C11H15FN2O/c12-10-2-1-9(11(13)7-10)8-14-3-5-15-6-4-14/h1-2,7H,3-6,8,13H2. The molecule has 1 aromatic rings. The minimum Gasteiger partial charge on any atom is -0.398 e. The molecule has 0 bridgehead atoms. The fourth-order valence-corrected chi connectivity index (χ4v) is 1.71. The first-order valence-electron chi connectivity index (χ1n) is 5.10. The van der Waals surface area contributed by atoms with Crippen LogP contribution in [0.15, 0.2) is 18.2 Å². The van der Waals surface area contributed by atoms with Crippen LogP contribution in [-0.4, -0.2) is 31.2 Å². The number of nitrogens with two attached hydrogens (primary N) is 1. The molecule has 1 heterocycles. The van der Waals surface area contributed by atoms with E-state index in [0.29, 0.717) is 5.69 Å². The van der Waals surface area contributed by atoms with Crippen molar-refractivity contribution >= 4 is 5.69 Å². The fraction of sp³-hybridized carbons (Fsp3) is 0.455. The maximum absolute atomic E-state index is 12.8. The van der Waals surface area contributed by atoms with Gasteiger partial charge in [-0.1, -0.05) is 6.07 Å². The molecule has 0 aliphatic carbocycles. The van der Waals surface area contributed by atoms with Gasteiger partial charge in [-0.25, -0.2) is 4.39 Å². The largest absolute Gasteiger partial charge is 0.398 e. The highest BCUT2D eigenvalue weighted by Crippen LogP contribution is 2.16. The van der Waals surface area contributed by atoms with Crippen molar-refractivity contribution in [1.82, 2.24) is 4.90 Å². The van der Waals surface area contributed by atoms with E-state index in [9.17, 15) is 4.39 Å². The van der Waals surface area contributed by atoms with Crippen molar-refractivity contribution in [2.24, 2.45) is 0 Å². The van der Waals surface area contributed by atoms with Crippen LogP contribution in [0.4, 0.5) is 10.1 Å². The summed E-state index contributed by atoms with van der Waals surface area (Å²) in [5.74, 6) is -0.279. The molecule has 0 amide bonds. The molecule has 2 N–H and O–H groups in total. The highest BCUT2D eigenvalue weighted by Gasteiger charge is 2.12. The molecule has 2 rings (SSSR count). The van der Waals surface area contributed by atoms with Crippen molar-refractivity contribution in [3.8, 4) is 0 Å². The molecule has 0 spiro atoms. The van der Waals surface area contributed by atoms with Gasteiger partial charge < -0.3 is 10.5 Å². The first kappa shape index (κ1) is 10.4. The lowest BCUT2D eigenvalue weighted by atomic mass is 10.1. The summed E-state index contributed by atoms with van der Waals surface area (Å²) in [6, 6.07) is 4.57. The monoisotopic (exact) mass is 210 g/mol. The number of anilines is 1. The van der Waals surface area contributed by atoms with Crippen LogP contribution in [0, 0.1) is 5.82 Å². The number of ether oxygens (including phenoxy) is 1. The molecule has 0 aromatic heterocycles. The van der Waals surface area contributed by atoms with Gasteiger partial charge in [0.2, 0.25) is 0 Å². The summed E-state index contributed by atoms with van der Waals surface area (Å²) in [4.78, 5) is 2.26. The maximum atomic E-state index is 12.8. The zero-order valence-corrected chi connectivity index (χ0v) is 8.58. The Morgan fingerprint density at radius 2 is 2.07 bits per heavy atom. The molecular formula is C11H15FN2O. The molecule has 0 atom stereocenters. The summed E-state index contributed by atoms with van der Waals surface area (Å²) in [7, 11) is 0.